The molecular formula is C8H10N2O2S. The highest BCUT2D eigenvalue weighted by atomic mass is 32.2. The molecule has 0 bridgehead atoms. The van der Waals surface area contributed by atoms with E-state index in [1.165, 1.54) is 18.9 Å². The van der Waals surface area contributed by atoms with Crippen molar-refractivity contribution in [2.45, 2.75) is 12.1 Å². The second-order valence-electron chi connectivity index (χ2n) is 2.37. The number of aryl methyl sites for hydroxylation is 1. The first kappa shape index (κ1) is 9.98. The van der Waals surface area contributed by atoms with Crippen LogP contribution in [0.4, 0.5) is 0 Å². The third kappa shape index (κ3) is 2.42. The first-order valence-corrected chi connectivity index (χ1v) is 4.88. The minimum atomic E-state index is -0.430. The van der Waals surface area contributed by atoms with Gasteiger partial charge in [0.2, 0.25) is 0 Å². The molecule has 0 amide bonds. The summed E-state index contributed by atoms with van der Waals surface area (Å²) in [6.07, 6.45) is 1.86. The number of nitrogens with zero attached hydrogens (tertiary/aromatic N) is 2. The quantitative estimate of drug-likeness (QED) is 0.407. The lowest BCUT2D eigenvalue weighted by Gasteiger charge is -2.01. The van der Waals surface area contributed by atoms with Gasteiger partial charge in [-0.3, -0.25) is 0 Å². The van der Waals surface area contributed by atoms with Gasteiger partial charge in [0.25, 0.3) is 0 Å². The summed E-state index contributed by atoms with van der Waals surface area (Å²) in [5, 5.41) is 0.584. The van der Waals surface area contributed by atoms with E-state index in [0.717, 1.165) is 5.69 Å². The number of carbonyl (C=O) groups is 1. The zero-order valence-electron chi connectivity index (χ0n) is 7.70. The Morgan fingerprint density at radius 3 is 2.77 bits per heavy atom. The fraction of sp³-hybridized carbons (Fsp3) is 0.375. The van der Waals surface area contributed by atoms with E-state index in [4.69, 9.17) is 0 Å². The van der Waals surface area contributed by atoms with Gasteiger partial charge >= 0.3 is 5.97 Å². The van der Waals surface area contributed by atoms with Gasteiger partial charge in [0.15, 0.2) is 10.9 Å². The first-order chi connectivity index (χ1) is 6.17. The second kappa shape index (κ2) is 4.23. The van der Waals surface area contributed by atoms with E-state index < -0.39 is 5.97 Å². The Hall–Kier alpha value is -1.10. The molecule has 1 rings (SSSR count). The molecule has 0 spiro atoms. The molecule has 1 aromatic rings. The highest BCUT2D eigenvalue weighted by molar-refractivity contribution is 7.98. The summed E-state index contributed by atoms with van der Waals surface area (Å²) in [6.45, 7) is 1.81. The number of ether oxygens (including phenoxy) is 1. The molecule has 0 unspecified atom stereocenters. The predicted octanol–water partition coefficient (Wildman–Crippen LogP) is 1.29. The fourth-order valence-electron chi connectivity index (χ4n) is 0.842. The maximum absolute atomic E-state index is 11.1. The molecule has 5 heteroatoms. The number of carbonyl (C=O) groups excluding carboxylic acids is 1. The zero-order valence-corrected chi connectivity index (χ0v) is 8.51. The van der Waals surface area contributed by atoms with Crippen LogP contribution in [0.1, 0.15) is 16.2 Å². The molecule has 13 heavy (non-hydrogen) atoms. The standard InChI is InChI=1S/C8H10N2O2S/c1-5-4-6(7(11)12-2)10-8(9-5)13-3/h4H,1-3H3. The Balaban J connectivity index is 3.08. The third-order valence-corrected chi connectivity index (χ3v) is 1.96. The van der Waals surface area contributed by atoms with Crippen LogP contribution in [0.3, 0.4) is 0 Å². The van der Waals surface area contributed by atoms with Crippen LogP contribution < -0.4 is 0 Å². The van der Waals surface area contributed by atoms with Gasteiger partial charge in [-0.1, -0.05) is 11.8 Å². The number of thioether (sulfide) groups is 1. The summed E-state index contributed by atoms with van der Waals surface area (Å²) in [4.78, 5) is 19.2. The van der Waals surface area contributed by atoms with Gasteiger partial charge in [-0.2, -0.15) is 0 Å². The third-order valence-electron chi connectivity index (χ3n) is 1.41. The van der Waals surface area contributed by atoms with Gasteiger partial charge in [0.05, 0.1) is 7.11 Å². The Bertz CT molecular complexity index is 328. The van der Waals surface area contributed by atoms with Crippen molar-refractivity contribution in [2.24, 2.45) is 0 Å². The molecule has 70 valence electrons. The van der Waals surface area contributed by atoms with Crippen molar-refractivity contribution in [3.63, 3.8) is 0 Å². The number of esters is 1. The summed E-state index contributed by atoms with van der Waals surface area (Å²) in [5.41, 5.74) is 1.07. The largest absolute Gasteiger partial charge is 0.464 e. The normalized spacial score (nSPS) is 9.77. The SMILES string of the molecule is COC(=O)c1cc(C)nc(SC)n1. The Kier molecular flexibility index (Phi) is 3.25. The molecule has 0 saturated heterocycles. The van der Waals surface area contributed by atoms with Gasteiger partial charge in [-0.25, -0.2) is 14.8 Å². The second-order valence-corrected chi connectivity index (χ2v) is 3.15. The summed E-state index contributed by atoms with van der Waals surface area (Å²) < 4.78 is 4.55. The lowest BCUT2D eigenvalue weighted by molar-refractivity contribution is 0.0592. The smallest absolute Gasteiger partial charge is 0.356 e. The maximum atomic E-state index is 11.1. The lowest BCUT2D eigenvalue weighted by atomic mass is 10.3. The Labute approximate surface area is 80.7 Å². The summed E-state index contributed by atoms with van der Waals surface area (Å²) >= 11 is 1.40. The van der Waals surface area contributed by atoms with Gasteiger partial charge in [-0.05, 0) is 19.2 Å². The number of aromatic nitrogens is 2. The molecule has 0 aliphatic rings. The lowest BCUT2D eigenvalue weighted by Crippen LogP contribution is -2.06. The van der Waals surface area contributed by atoms with Gasteiger partial charge in [0.1, 0.15) is 0 Å². The maximum Gasteiger partial charge on any atom is 0.356 e. The average Bonchev–Trinajstić information content (AvgIpc) is 2.15. The molecule has 4 nitrogen and oxygen atoms in total. The summed E-state index contributed by atoms with van der Waals surface area (Å²) in [7, 11) is 1.33. The molecular weight excluding hydrogens is 188 g/mol. The highest BCUT2D eigenvalue weighted by Gasteiger charge is 2.09. The van der Waals surface area contributed by atoms with Crippen molar-refractivity contribution in [3.8, 4) is 0 Å². The topological polar surface area (TPSA) is 52.1 Å². The van der Waals surface area contributed by atoms with E-state index in [1.807, 2.05) is 13.2 Å². The summed E-state index contributed by atoms with van der Waals surface area (Å²) in [6, 6.07) is 1.60. The first-order valence-electron chi connectivity index (χ1n) is 3.65. The molecule has 0 atom stereocenters. The Morgan fingerprint density at radius 2 is 2.23 bits per heavy atom. The van der Waals surface area contributed by atoms with E-state index in [-0.39, 0.29) is 0 Å². The number of hydrogen-bond donors (Lipinski definition) is 0. The van der Waals surface area contributed by atoms with Crippen molar-refractivity contribution in [2.75, 3.05) is 13.4 Å². The molecule has 1 aromatic heterocycles. The van der Waals surface area contributed by atoms with Crippen LogP contribution in [-0.4, -0.2) is 29.3 Å². The molecule has 0 N–H and O–H groups in total. The molecule has 0 aliphatic heterocycles. The molecule has 0 fully saturated rings. The molecule has 0 aromatic carbocycles. The van der Waals surface area contributed by atoms with Crippen LogP contribution in [0.2, 0.25) is 0 Å². The molecule has 0 radical (unpaired) electrons. The van der Waals surface area contributed by atoms with Crippen LogP contribution >= 0.6 is 11.8 Å². The van der Waals surface area contributed by atoms with Crippen molar-refractivity contribution < 1.29 is 9.53 Å². The van der Waals surface area contributed by atoms with Crippen molar-refractivity contribution in [1.82, 2.24) is 9.97 Å². The van der Waals surface area contributed by atoms with Crippen molar-refractivity contribution in [1.29, 1.82) is 0 Å². The minimum absolute atomic E-state index is 0.305. The predicted molar refractivity (Wildman–Crippen MR) is 49.9 cm³/mol. The fourth-order valence-corrected chi connectivity index (χ4v) is 1.27. The Morgan fingerprint density at radius 1 is 1.54 bits per heavy atom. The average molecular weight is 198 g/mol. The van der Waals surface area contributed by atoms with E-state index in [9.17, 15) is 4.79 Å². The molecule has 0 saturated carbocycles. The number of methoxy groups -OCH3 is 1. The summed E-state index contributed by atoms with van der Waals surface area (Å²) in [5.74, 6) is -0.430. The minimum Gasteiger partial charge on any atom is -0.464 e. The van der Waals surface area contributed by atoms with E-state index in [2.05, 4.69) is 14.7 Å². The van der Waals surface area contributed by atoms with E-state index >= 15 is 0 Å². The van der Waals surface area contributed by atoms with Crippen LogP contribution in [0.5, 0.6) is 0 Å². The van der Waals surface area contributed by atoms with Gasteiger partial charge in [0, 0.05) is 5.69 Å². The van der Waals surface area contributed by atoms with Crippen molar-refractivity contribution in [3.05, 3.63) is 17.5 Å². The van der Waals surface area contributed by atoms with Gasteiger partial charge in [-0.15, -0.1) is 0 Å². The van der Waals surface area contributed by atoms with E-state index in [1.54, 1.807) is 6.07 Å². The van der Waals surface area contributed by atoms with Crippen LogP contribution in [0, 0.1) is 6.92 Å². The monoisotopic (exact) mass is 198 g/mol. The van der Waals surface area contributed by atoms with Crippen LogP contribution in [-0.2, 0) is 4.74 Å². The molecule has 1 heterocycles. The van der Waals surface area contributed by atoms with Crippen LogP contribution in [0.25, 0.3) is 0 Å². The highest BCUT2D eigenvalue weighted by Crippen LogP contribution is 2.10. The zero-order chi connectivity index (χ0) is 9.84. The molecule has 0 aliphatic carbocycles. The van der Waals surface area contributed by atoms with E-state index in [0.29, 0.717) is 10.9 Å². The van der Waals surface area contributed by atoms with Gasteiger partial charge < -0.3 is 4.74 Å². The van der Waals surface area contributed by atoms with Crippen LogP contribution in [0.15, 0.2) is 11.2 Å². The number of hydrogen-bond acceptors (Lipinski definition) is 5. The van der Waals surface area contributed by atoms with Crippen molar-refractivity contribution >= 4 is 17.7 Å². The number of rotatable bonds is 2.